The predicted molar refractivity (Wildman–Crippen MR) is 175 cm³/mol. The molecule has 0 aliphatic carbocycles. The number of likely N-dealkylation sites (N-methyl/N-ethyl adjacent to an activating group) is 1. The van der Waals surface area contributed by atoms with Gasteiger partial charge in [-0.25, -0.2) is 0 Å². The van der Waals surface area contributed by atoms with Crippen LogP contribution < -0.4 is 32.7 Å². The second-order valence-corrected chi connectivity index (χ2v) is 10.9. The Morgan fingerprint density at radius 3 is 1.34 bits per heavy atom. The van der Waals surface area contributed by atoms with E-state index in [0.717, 1.165) is 111 Å². The average molecular weight is 591 g/mol. The number of hydrogen-bond donors (Lipinski definition) is 8. The lowest BCUT2D eigenvalue weighted by atomic mass is 10.2. The third kappa shape index (κ3) is 28.1. The van der Waals surface area contributed by atoms with E-state index in [2.05, 4.69) is 54.8 Å². The minimum atomic E-state index is 0.169. The second-order valence-electron chi connectivity index (χ2n) is 10.9. The highest BCUT2D eigenvalue weighted by molar-refractivity contribution is 4.70. The maximum atomic E-state index is 9.10. The van der Waals surface area contributed by atoms with E-state index in [4.69, 9.17) is 21.7 Å². The first-order chi connectivity index (χ1) is 20.1. The molecule has 0 radical (unpaired) electrons. The van der Waals surface area contributed by atoms with E-state index < -0.39 is 0 Å². The standard InChI is InChI=1S/C29H70N10O2/c1-3-4-5-6-17-37(25-27-39(22-13-34-15-28-40)23-14-35-16-29-41)24-26-38(20-11-32-9-7-30)21-12-33-10-19-36(2)18-8-31/h32-35,40-41H,3-31H2,1-2H3. The van der Waals surface area contributed by atoms with Crippen LogP contribution in [-0.4, -0.2) is 188 Å². The van der Waals surface area contributed by atoms with E-state index >= 15 is 0 Å². The summed E-state index contributed by atoms with van der Waals surface area (Å²) in [5.41, 5.74) is 11.3. The molecule has 0 aliphatic heterocycles. The Balaban J connectivity index is 4.93. The van der Waals surface area contributed by atoms with Crippen LogP contribution in [0.3, 0.4) is 0 Å². The molecule has 0 saturated heterocycles. The molecule has 0 aromatic heterocycles. The van der Waals surface area contributed by atoms with Crippen LogP contribution in [0.1, 0.15) is 32.6 Å². The Labute approximate surface area is 252 Å². The monoisotopic (exact) mass is 591 g/mol. The molecule has 0 amide bonds. The maximum Gasteiger partial charge on any atom is 0.0555 e. The molecule has 0 spiro atoms. The van der Waals surface area contributed by atoms with Gasteiger partial charge in [0.1, 0.15) is 0 Å². The smallest absolute Gasteiger partial charge is 0.0555 e. The van der Waals surface area contributed by atoms with Gasteiger partial charge in [-0.1, -0.05) is 26.2 Å². The molecule has 0 rings (SSSR count). The Bertz CT molecular complexity index is 498. The van der Waals surface area contributed by atoms with Crippen LogP contribution in [0.2, 0.25) is 0 Å². The van der Waals surface area contributed by atoms with Gasteiger partial charge in [0.25, 0.3) is 0 Å². The summed E-state index contributed by atoms with van der Waals surface area (Å²) in [6.45, 7) is 22.0. The van der Waals surface area contributed by atoms with Gasteiger partial charge < -0.3 is 52.7 Å². The molecule has 12 nitrogen and oxygen atoms in total. The van der Waals surface area contributed by atoms with Crippen molar-refractivity contribution in [3.05, 3.63) is 0 Å². The number of nitrogens with zero attached hydrogens (tertiary/aromatic N) is 4. The summed E-state index contributed by atoms with van der Waals surface area (Å²) in [5.74, 6) is 0. The molecule has 0 aromatic rings. The van der Waals surface area contributed by atoms with Gasteiger partial charge in [-0.05, 0) is 20.0 Å². The molecule has 0 aliphatic rings. The largest absolute Gasteiger partial charge is 0.395 e. The van der Waals surface area contributed by atoms with Crippen LogP contribution >= 0.6 is 0 Å². The lowest BCUT2D eigenvalue weighted by molar-refractivity contribution is 0.172. The zero-order valence-electron chi connectivity index (χ0n) is 26.9. The molecule has 248 valence electrons. The van der Waals surface area contributed by atoms with Gasteiger partial charge in [0.05, 0.1) is 13.2 Å². The van der Waals surface area contributed by atoms with Gasteiger partial charge in [0, 0.05) is 131 Å². The highest BCUT2D eigenvalue weighted by Crippen LogP contribution is 2.03. The number of nitrogens with two attached hydrogens (primary N) is 2. The summed E-state index contributed by atoms with van der Waals surface area (Å²) in [6.07, 6.45) is 5.11. The third-order valence-corrected chi connectivity index (χ3v) is 7.29. The third-order valence-electron chi connectivity index (χ3n) is 7.29. The zero-order chi connectivity index (χ0) is 30.2. The van der Waals surface area contributed by atoms with E-state index in [1.165, 1.54) is 25.7 Å². The second kappa shape index (κ2) is 32.4. The molecule has 10 N–H and O–H groups in total. The normalized spacial score (nSPS) is 12.1. The maximum absolute atomic E-state index is 9.10. The molecular formula is C29H70N10O2. The number of nitrogens with one attached hydrogen (secondary N) is 4. The van der Waals surface area contributed by atoms with Crippen LogP contribution in [0.15, 0.2) is 0 Å². The molecule has 0 atom stereocenters. The lowest BCUT2D eigenvalue weighted by Gasteiger charge is -2.30. The Hall–Kier alpha value is -0.480. The van der Waals surface area contributed by atoms with Crippen molar-refractivity contribution < 1.29 is 10.2 Å². The molecule has 0 heterocycles. The highest BCUT2D eigenvalue weighted by Gasteiger charge is 2.12. The summed E-state index contributed by atoms with van der Waals surface area (Å²) < 4.78 is 0. The van der Waals surface area contributed by atoms with Crippen LogP contribution in [0.4, 0.5) is 0 Å². The molecule has 0 bridgehead atoms. The number of hydrogen-bond acceptors (Lipinski definition) is 12. The van der Waals surface area contributed by atoms with Crippen LogP contribution in [-0.2, 0) is 0 Å². The Kier molecular flexibility index (Phi) is 32.1. The van der Waals surface area contributed by atoms with Crippen LogP contribution in [0.25, 0.3) is 0 Å². The summed E-state index contributed by atoms with van der Waals surface area (Å²) in [5, 5.41) is 31.9. The Morgan fingerprint density at radius 2 is 0.902 bits per heavy atom. The van der Waals surface area contributed by atoms with Crippen molar-refractivity contribution in [2.45, 2.75) is 32.6 Å². The fourth-order valence-electron chi connectivity index (χ4n) is 4.65. The van der Waals surface area contributed by atoms with E-state index in [-0.39, 0.29) is 13.2 Å². The minimum Gasteiger partial charge on any atom is -0.395 e. The van der Waals surface area contributed by atoms with Crippen molar-refractivity contribution in [2.24, 2.45) is 11.5 Å². The average Bonchev–Trinajstić information content (AvgIpc) is 2.97. The van der Waals surface area contributed by atoms with Crippen molar-refractivity contribution in [3.63, 3.8) is 0 Å². The van der Waals surface area contributed by atoms with Gasteiger partial charge in [-0.3, -0.25) is 9.80 Å². The molecule has 41 heavy (non-hydrogen) atoms. The van der Waals surface area contributed by atoms with Gasteiger partial charge in [0.2, 0.25) is 0 Å². The zero-order valence-corrected chi connectivity index (χ0v) is 26.9. The first-order valence-electron chi connectivity index (χ1n) is 16.4. The van der Waals surface area contributed by atoms with Crippen molar-refractivity contribution in [2.75, 3.05) is 158 Å². The fourth-order valence-corrected chi connectivity index (χ4v) is 4.65. The molecule has 12 heteroatoms. The van der Waals surface area contributed by atoms with E-state index in [0.29, 0.717) is 26.2 Å². The van der Waals surface area contributed by atoms with Crippen molar-refractivity contribution in [1.82, 2.24) is 40.9 Å². The number of unbranched alkanes of at least 4 members (excludes halogenated alkanes) is 3. The van der Waals surface area contributed by atoms with Crippen LogP contribution in [0, 0.1) is 0 Å². The van der Waals surface area contributed by atoms with Crippen molar-refractivity contribution >= 4 is 0 Å². The number of aliphatic hydroxyl groups is 2. The topological polar surface area (TPSA) is 154 Å². The van der Waals surface area contributed by atoms with Crippen molar-refractivity contribution in [1.29, 1.82) is 0 Å². The van der Waals surface area contributed by atoms with Gasteiger partial charge in [-0.15, -0.1) is 0 Å². The van der Waals surface area contributed by atoms with E-state index in [1.807, 2.05) is 0 Å². The molecule has 0 fully saturated rings. The molecular weight excluding hydrogens is 520 g/mol. The summed E-state index contributed by atoms with van der Waals surface area (Å²) in [7, 11) is 2.12. The van der Waals surface area contributed by atoms with Crippen molar-refractivity contribution in [3.8, 4) is 0 Å². The Morgan fingerprint density at radius 1 is 0.463 bits per heavy atom. The first kappa shape index (κ1) is 40.5. The quantitative estimate of drug-likeness (QED) is 0.0379. The number of rotatable bonds is 34. The van der Waals surface area contributed by atoms with Gasteiger partial charge >= 0.3 is 0 Å². The van der Waals surface area contributed by atoms with Gasteiger partial charge in [0.15, 0.2) is 0 Å². The molecule has 0 saturated carbocycles. The molecule has 0 aromatic carbocycles. The van der Waals surface area contributed by atoms with E-state index in [9.17, 15) is 0 Å². The summed E-state index contributed by atoms with van der Waals surface area (Å²) in [4.78, 5) is 10.00. The molecule has 0 unspecified atom stereocenters. The fraction of sp³-hybridized carbons (Fsp3) is 1.00. The van der Waals surface area contributed by atoms with Crippen LogP contribution in [0.5, 0.6) is 0 Å². The first-order valence-corrected chi connectivity index (χ1v) is 16.4. The minimum absolute atomic E-state index is 0.169. The number of aliphatic hydroxyl groups excluding tert-OH is 2. The summed E-state index contributed by atoms with van der Waals surface area (Å²) >= 11 is 0. The van der Waals surface area contributed by atoms with Gasteiger partial charge in [-0.2, -0.15) is 0 Å². The summed E-state index contributed by atoms with van der Waals surface area (Å²) in [6, 6.07) is 0. The SMILES string of the molecule is CCCCCCN(CCN(CCNCCO)CCNCCO)CCN(CCNCCN)CCNCCN(C)CCN. The lowest BCUT2D eigenvalue weighted by Crippen LogP contribution is -2.45. The predicted octanol–water partition coefficient (Wildman–Crippen LogP) is -2.34. The highest BCUT2D eigenvalue weighted by atomic mass is 16.3. The van der Waals surface area contributed by atoms with E-state index in [1.54, 1.807) is 0 Å².